The minimum Gasteiger partial charge on any atom is -0.383 e. The summed E-state index contributed by atoms with van der Waals surface area (Å²) in [5.74, 6) is 5.41. The summed E-state index contributed by atoms with van der Waals surface area (Å²) in [6.45, 7) is 0.976. The third kappa shape index (κ3) is 3.85. The van der Waals surface area contributed by atoms with Crippen LogP contribution in [0, 0.1) is 0 Å². The van der Waals surface area contributed by atoms with Crippen LogP contribution in [0.4, 0.5) is 5.82 Å². The molecule has 0 aromatic carbocycles. The van der Waals surface area contributed by atoms with Gasteiger partial charge in [-0.25, -0.2) is 10.8 Å². The van der Waals surface area contributed by atoms with E-state index in [0.29, 0.717) is 24.5 Å². The molecule has 0 aliphatic carbocycles. The molecule has 0 bridgehead atoms. The van der Waals surface area contributed by atoms with E-state index >= 15 is 0 Å². The van der Waals surface area contributed by atoms with E-state index in [4.69, 9.17) is 22.2 Å². The van der Waals surface area contributed by atoms with Crippen LogP contribution < -0.4 is 11.3 Å². The lowest BCUT2D eigenvalue weighted by Gasteiger charge is -2.17. The normalized spacial score (nSPS) is 10.1. The first kappa shape index (κ1) is 13.7. The van der Waals surface area contributed by atoms with Crippen molar-refractivity contribution in [2.45, 2.75) is 0 Å². The molecule has 0 fully saturated rings. The number of ether oxygens (including phenoxy) is 1. The number of carbonyl (C=O) groups excluding carboxylic acids is 1. The van der Waals surface area contributed by atoms with Gasteiger partial charge in [-0.1, -0.05) is 11.6 Å². The van der Waals surface area contributed by atoms with Gasteiger partial charge in [0.05, 0.1) is 6.61 Å². The lowest BCUT2D eigenvalue weighted by atomic mass is 10.2. The first-order valence-corrected chi connectivity index (χ1v) is 5.35. The monoisotopic (exact) mass is 258 g/mol. The van der Waals surface area contributed by atoms with Gasteiger partial charge in [-0.05, 0) is 12.1 Å². The van der Waals surface area contributed by atoms with Gasteiger partial charge in [0.2, 0.25) is 0 Å². The predicted molar refractivity (Wildman–Crippen MR) is 65.9 cm³/mol. The van der Waals surface area contributed by atoms with E-state index in [2.05, 4.69) is 10.4 Å². The van der Waals surface area contributed by atoms with Gasteiger partial charge in [0.15, 0.2) is 0 Å². The number of nitrogen functional groups attached to an aromatic ring is 1. The summed E-state index contributed by atoms with van der Waals surface area (Å²) in [4.78, 5) is 17.4. The highest BCUT2D eigenvalue weighted by Gasteiger charge is 2.13. The van der Waals surface area contributed by atoms with Crippen LogP contribution in [0.15, 0.2) is 12.1 Å². The molecular weight excluding hydrogens is 244 g/mol. The van der Waals surface area contributed by atoms with Gasteiger partial charge >= 0.3 is 0 Å². The summed E-state index contributed by atoms with van der Waals surface area (Å²) in [6.07, 6.45) is 0. The number of nitrogens with zero attached hydrogens (tertiary/aromatic N) is 2. The summed E-state index contributed by atoms with van der Waals surface area (Å²) in [5, 5.41) is 0.212. The smallest absolute Gasteiger partial charge is 0.253 e. The van der Waals surface area contributed by atoms with Crippen molar-refractivity contribution in [3.63, 3.8) is 0 Å². The number of methoxy groups -OCH3 is 1. The van der Waals surface area contributed by atoms with Gasteiger partial charge in [-0.2, -0.15) is 0 Å². The molecule has 0 spiro atoms. The SMILES string of the molecule is COCCN(C)C(=O)c1cc(Cl)nc(NN)c1. The quantitative estimate of drug-likeness (QED) is 0.463. The lowest BCUT2D eigenvalue weighted by Crippen LogP contribution is -2.30. The molecule has 7 heteroatoms. The van der Waals surface area contributed by atoms with Crippen molar-refractivity contribution in [2.24, 2.45) is 5.84 Å². The highest BCUT2D eigenvalue weighted by molar-refractivity contribution is 6.29. The van der Waals surface area contributed by atoms with Crippen molar-refractivity contribution in [3.8, 4) is 0 Å². The van der Waals surface area contributed by atoms with Crippen LogP contribution in [0.25, 0.3) is 0 Å². The Morgan fingerprint density at radius 3 is 2.94 bits per heavy atom. The van der Waals surface area contributed by atoms with Gasteiger partial charge in [0.25, 0.3) is 5.91 Å². The molecule has 94 valence electrons. The second-order valence-corrected chi connectivity index (χ2v) is 3.81. The average molecular weight is 259 g/mol. The highest BCUT2D eigenvalue weighted by Crippen LogP contribution is 2.15. The number of carbonyl (C=O) groups is 1. The number of nitrogens with two attached hydrogens (primary N) is 1. The van der Waals surface area contributed by atoms with Crippen molar-refractivity contribution in [1.82, 2.24) is 9.88 Å². The van der Waals surface area contributed by atoms with Crippen LogP contribution in [0.5, 0.6) is 0 Å². The van der Waals surface area contributed by atoms with E-state index in [1.54, 1.807) is 14.2 Å². The number of aromatic nitrogens is 1. The van der Waals surface area contributed by atoms with E-state index in [1.807, 2.05) is 0 Å². The lowest BCUT2D eigenvalue weighted by molar-refractivity contribution is 0.0744. The number of hydrazine groups is 1. The van der Waals surface area contributed by atoms with E-state index in [9.17, 15) is 4.79 Å². The molecule has 0 aliphatic heterocycles. The molecule has 0 saturated heterocycles. The van der Waals surface area contributed by atoms with Crippen LogP contribution >= 0.6 is 11.6 Å². The Hall–Kier alpha value is -1.37. The first-order chi connectivity index (χ1) is 8.08. The summed E-state index contributed by atoms with van der Waals surface area (Å²) >= 11 is 5.78. The molecule has 1 heterocycles. The number of amides is 1. The zero-order chi connectivity index (χ0) is 12.8. The Morgan fingerprint density at radius 2 is 2.35 bits per heavy atom. The van der Waals surface area contributed by atoms with Gasteiger partial charge in [-0.15, -0.1) is 0 Å². The Bertz CT molecular complexity index is 400. The summed E-state index contributed by atoms with van der Waals surface area (Å²) in [6, 6.07) is 3.03. The zero-order valence-corrected chi connectivity index (χ0v) is 10.5. The molecule has 1 rings (SSSR count). The van der Waals surface area contributed by atoms with Crippen molar-refractivity contribution in [2.75, 3.05) is 32.7 Å². The van der Waals surface area contributed by atoms with E-state index in [0.717, 1.165) is 0 Å². The number of halogens is 1. The summed E-state index contributed by atoms with van der Waals surface area (Å²) < 4.78 is 4.90. The number of nitrogens with one attached hydrogen (secondary N) is 1. The number of pyridine rings is 1. The molecule has 3 N–H and O–H groups in total. The highest BCUT2D eigenvalue weighted by atomic mass is 35.5. The maximum Gasteiger partial charge on any atom is 0.253 e. The number of likely N-dealkylation sites (N-methyl/N-ethyl adjacent to an activating group) is 1. The van der Waals surface area contributed by atoms with Crippen LogP contribution in [-0.4, -0.2) is 43.1 Å². The minimum absolute atomic E-state index is 0.164. The van der Waals surface area contributed by atoms with Gasteiger partial charge in [0, 0.05) is 26.3 Å². The molecule has 0 saturated carbocycles. The maximum atomic E-state index is 12.0. The van der Waals surface area contributed by atoms with Crippen LogP contribution in [0.2, 0.25) is 5.15 Å². The number of anilines is 1. The van der Waals surface area contributed by atoms with Crippen LogP contribution in [0.1, 0.15) is 10.4 Å². The molecule has 1 aromatic rings. The summed E-state index contributed by atoms with van der Waals surface area (Å²) in [5.41, 5.74) is 2.78. The van der Waals surface area contributed by atoms with E-state index in [-0.39, 0.29) is 11.1 Å². The van der Waals surface area contributed by atoms with Crippen molar-refractivity contribution in [1.29, 1.82) is 0 Å². The third-order valence-electron chi connectivity index (χ3n) is 2.17. The molecular formula is C10H15ClN4O2. The zero-order valence-electron chi connectivity index (χ0n) is 9.74. The van der Waals surface area contributed by atoms with Crippen molar-refractivity contribution >= 4 is 23.3 Å². The maximum absolute atomic E-state index is 12.0. The first-order valence-electron chi connectivity index (χ1n) is 4.97. The number of hydrogen-bond acceptors (Lipinski definition) is 5. The Kier molecular flexibility index (Phi) is 5.14. The molecule has 0 atom stereocenters. The standard InChI is InChI=1S/C10H15ClN4O2/c1-15(3-4-17-2)10(16)7-5-8(11)13-9(6-7)14-12/h5-6H,3-4,12H2,1-2H3,(H,13,14). The predicted octanol–water partition coefficient (Wildman–Crippen LogP) is 0.739. The van der Waals surface area contributed by atoms with Crippen molar-refractivity contribution < 1.29 is 9.53 Å². The third-order valence-corrected chi connectivity index (χ3v) is 2.36. The van der Waals surface area contributed by atoms with Crippen LogP contribution in [-0.2, 0) is 4.74 Å². The second-order valence-electron chi connectivity index (χ2n) is 3.43. The van der Waals surface area contributed by atoms with Crippen molar-refractivity contribution in [3.05, 3.63) is 22.8 Å². The van der Waals surface area contributed by atoms with Gasteiger partial charge in [-0.3, -0.25) is 4.79 Å². The fraction of sp³-hybridized carbons (Fsp3) is 0.400. The van der Waals surface area contributed by atoms with Gasteiger partial charge in [0.1, 0.15) is 11.0 Å². The largest absolute Gasteiger partial charge is 0.383 e. The molecule has 0 aliphatic rings. The Labute approximate surface area is 105 Å². The average Bonchev–Trinajstić information content (AvgIpc) is 2.34. The molecule has 17 heavy (non-hydrogen) atoms. The summed E-state index contributed by atoms with van der Waals surface area (Å²) in [7, 11) is 3.27. The minimum atomic E-state index is -0.164. The molecule has 0 unspecified atom stereocenters. The molecule has 1 aromatic heterocycles. The van der Waals surface area contributed by atoms with Crippen LogP contribution in [0.3, 0.4) is 0 Å². The fourth-order valence-corrected chi connectivity index (χ4v) is 1.45. The Morgan fingerprint density at radius 1 is 1.65 bits per heavy atom. The topological polar surface area (TPSA) is 80.5 Å². The molecule has 6 nitrogen and oxygen atoms in total. The second kappa shape index (κ2) is 6.39. The fourth-order valence-electron chi connectivity index (χ4n) is 1.24. The Balaban J connectivity index is 2.84. The molecule has 0 radical (unpaired) electrons. The number of rotatable bonds is 5. The number of hydrogen-bond donors (Lipinski definition) is 2. The van der Waals surface area contributed by atoms with E-state index in [1.165, 1.54) is 17.0 Å². The van der Waals surface area contributed by atoms with Gasteiger partial charge < -0.3 is 15.1 Å². The molecule has 1 amide bonds. The van der Waals surface area contributed by atoms with E-state index < -0.39 is 0 Å².